The minimum Gasteiger partial charge on any atom is -0.478 e. The molecule has 0 spiro atoms. The molecule has 1 aliphatic heterocycles. The van der Waals surface area contributed by atoms with Gasteiger partial charge in [-0.2, -0.15) is 0 Å². The summed E-state index contributed by atoms with van der Waals surface area (Å²) in [7, 11) is 0. The quantitative estimate of drug-likeness (QED) is 0.917. The Kier molecular flexibility index (Phi) is 4.62. The van der Waals surface area contributed by atoms with Crippen molar-refractivity contribution in [1.82, 2.24) is 5.32 Å². The van der Waals surface area contributed by atoms with E-state index in [0.29, 0.717) is 24.4 Å². The molecule has 120 valence electrons. The summed E-state index contributed by atoms with van der Waals surface area (Å²) in [6.45, 7) is 2.38. The largest absolute Gasteiger partial charge is 0.478 e. The van der Waals surface area contributed by atoms with Gasteiger partial charge in [0, 0.05) is 4.88 Å². The number of carbonyl (C=O) groups excluding carboxylic acids is 2. The lowest BCUT2D eigenvalue weighted by Crippen LogP contribution is -2.49. The highest BCUT2D eigenvalue weighted by Crippen LogP contribution is 2.34. The van der Waals surface area contributed by atoms with E-state index in [4.69, 9.17) is 4.74 Å². The molecular formula is C17H18N2O3S. The van der Waals surface area contributed by atoms with Crippen LogP contribution in [0.2, 0.25) is 0 Å². The van der Waals surface area contributed by atoms with Crippen LogP contribution in [-0.4, -0.2) is 24.5 Å². The van der Waals surface area contributed by atoms with Crippen LogP contribution in [0.4, 0.5) is 5.69 Å². The van der Waals surface area contributed by atoms with Crippen molar-refractivity contribution in [1.29, 1.82) is 0 Å². The number of carbonyl (C=O) groups is 2. The van der Waals surface area contributed by atoms with Crippen molar-refractivity contribution in [3.63, 3.8) is 0 Å². The molecule has 1 atom stereocenters. The third-order valence-corrected chi connectivity index (χ3v) is 4.56. The SMILES string of the molecule is CC[C@@H]1Oc2ccccc2N(CC(=O)NCc2cccs2)C1=O. The molecule has 1 aromatic heterocycles. The summed E-state index contributed by atoms with van der Waals surface area (Å²) in [6, 6.07) is 11.2. The lowest BCUT2D eigenvalue weighted by molar-refractivity contribution is -0.129. The van der Waals surface area contributed by atoms with Gasteiger partial charge in [-0.25, -0.2) is 0 Å². The van der Waals surface area contributed by atoms with Gasteiger partial charge in [-0.1, -0.05) is 25.1 Å². The number of thiophene rings is 1. The van der Waals surface area contributed by atoms with E-state index in [1.165, 1.54) is 4.90 Å². The lowest BCUT2D eigenvalue weighted by Gasteiger charge is -2.33. The number of ether oxygens (including phenoxy) is 1. The minimum absolute atomic E-state index is 0.00107. The fourth-order valence-electron chi connectivity index (χ4n) is 2.50. The predicted octanol–water partition coefficient (Wildman–Crippen LogP) is 2.57. The van der Waals surface area contributed by atoms with Crippen LogP contribution in [0, 0.1) is 0 Å². The van der Waals surface area contributed by atoms with Crippen molar-refractivity contribution in [2.75, 3.05) is 11.4 Å². The zero-order chi connectivity index (χ0) is 16.2. The maximum atomic E-state index is 12.5. The molecule has 2 aromatic rings. The molecule has 1 N–H and O–H groups in total. The van der Waals surface area contributed by atoms with Crippen LogP contribution in [0.3, 0.4) is 0 Å². The first-order valence-electron chi connectivity index (χ1n) is 7.55. The summed E-state index contributed by atoms with van der Waals surface area (Å²) in [5.41, 5.74) is 0.647. The fourth-order valence-corrected chi connectivity index (χ4v) is 3.14. The van der Waals surface area contributed by atoms with Crippen LogP contribution in [0.25, 0.3) is 0 Å². The molecule has 23 heavy (non-hydrogen) atoms. The zero-order valence-electron chi connectivity index (χ0n) is 12.8. The third-order valence-electron chi connectivity index (χ3n) is 3.68. The number of nitrogens with zero attached hydrogens (tertiary/aromatic N) is 1. The first-order chi connectivity index (χ1) is 11.2. The predicted molar refractivity (Wildman–Crippen MR) is 89.7 cm³/mol. The van der Waals surface area contributed by atoms with Gasteiger partial charge in [-0.05, 0) is 30.0 Å². The molecule has 0 saturated carbocycles. The van der Waals surface area contributed by atoms with Gasteiger partial charge in [0.2, 0.25) is 5.91 Å². The molecule has 1 aliphatic rings. The summed E-state index contributed by atoms with van der Waals surface area (Å²) >= 11 is 1.59. The summed E-state index contributed by atoms with van der Waals surface area (Å²) in [4.78, 5) is 27.3. The molecule has 0 bridgehead atoms. The van der Waals surface area contributed by atoms with Crippen molar-refractivity contribution in [2.45, 2.75) is 26.0 Å². The Bertz CT molecular complexity index is 700. The van der Waals surface area contributed by atoms with Crippen LogP contribution in [-0.2, 0) is 16.1 Å². The number of para-hydroxylation sites is 2. The van der Waals surface area contributed by atoms with E-state index in [2.05, 4.69) is 5.32 Å². The van der Waals surface area contributed by atoms with Gasteiger partial charge >= 0.3 is 0 Å². The number of hydrogen-bond acceptors (Lipinski definition) is 4. The third kappa shape index (κ3) is 3.37. The maximum Gasteiger partial charge on any atom is 0.268 e. The van der Waals surface area contributed by atoms with E-state index in [1.807, 2.05) is 42.6 Å². The van der Waals surface area contributed by atoms with Crippen molar-refractivity contribution in [3.8, 4) is 5.75 Å². The van der Waals surface area contributed by atoms with E-state index < -0.39 is 6.10 Å². The Hall–Kier alpha value is -2.34. The molecule has 1 aromatic carbocycles. The molecule has 0 aliphatic carbocycles. The summed E-state index contributed by atoms with van der Waals surface area (Å²) in [5, 5.41) is 4.82. The van der Waals surface area contributed by atoms with Crippen molar-refractivity contribution < 1.29 is 14.3 Å². The average molecular weight is 330 g/mol. The summed E-state index contributed by atoms with van der Waals surface area (Å²) in [5.74, 6) is 0.292. The second-order valence-corrected chi connectivity index (χ2v) is 6.30. The highest BCUT2D eigenvalue weighted by atomic mass is 32.1. The molecular weight excluding hydrogens is 312 g/mol. The monoisotopic (exact) mass is 330 g/mol. The number of hydrogen-bond donors (Lipinski definition) is 1. The zero-order valence-corrected chi connectivity index (χ0v) is 13.6. The standard InChI is InChI=1S/C17H18N2O3S/c1-2-14-17(21)19(13-7-3-4-8-15(13)22-14)11-16(20)18-10-12-6-5-9-23-12/h3-9,14H,2,10-11H2,1H3,(H,18,20)/t14-/m0/s1. The number of benzene rings is 1. The van der Waals surface area contributed by atoms with Crippen LogP contribution >= 0.6 is 11.3 Å². The first kappa shape index (κ1) is 15.6. The van der Waals surface area contributed by atoms with E-state index >= 15 is 0 Å². The molecule has 2 heterocycles. The van der Waals surface area contributed by atoms with Crippen molar-refractivity contribution in [3.05, 3.63) is 46.7 Å². The highest BCUT2D eigenvalue weighted by Gasteiger charge is 2.34. The van der Waals surface area contributed by atoms with Gasteiger partial charge in [0.05, 0.1) is 12.2 Å². The van der Waals surface area contributed by atoms with E-state index in [0.717, 1.165) is 4.88 Å². The summed E-state index contributed by atoms with van der Waals surface area (Å²) < 4.78 is 5.70. The second kappa shape index (κ2) is 6.83. The van der Waals surface area contributed by atoms with Crippen molar-refractivity contribution >= 4 is 28.8 Å². The number of rotatable bonds is 5. The van der Waals surface area contributed by atoms with E-state index in [-0.39, 0.29) is 18.4 Å². The Balaban J connectivity index is 1.72. The van der Waals surface area contributed by atoms with Gasteiger partial charge in [-0.15, -0.1) is 11.3 Å². The molecule has 2 amide bonds. The van der Waals surface area contributed by atoms with Gasteiger partial charge in [0.25, 0.3) is 5.91 Å². The van der Waals surface area contributed by atoms with Gasteiger partial charge in [0.15, 0.2) is 6.10 Å². The van der Waals surface area contributed by atoms with Crippen LogP contribution in [0.15, 0.2) is 41.8 Å². The molecule has 6 heteroatoms. The maximum absolute atomic E-state index is 12.5. The molecule has 3 rings (SSSR count). The smallest absolute Gasteiger partial charge is 0.268 e. The second-order valence-electron chi connectivity index (χ2n) is 5.26. The normalized spacial score (nSPS) is 16.7. The molecule has 0 unspecified atom stereocenters. The first-order valence-corrected chi connectivity index (χ1v) is 8.43. The number of nitrogens with one attached hydrogen (secondary N) is 1. The molecule has 5 nitrogen and oxygen atoms in total. The number of amides is 2. The van der Waals surface area contributed by atoms with Crippen LogP contribution < -0.4 is 15.0 Å². The lowest BCUT2D eigenvalue weighted by atomic mass is 10.1. The van der Waals surface area contributed by atoms with Crippen molar-refractivity contribution in [2.24, 2.45) is 0 Å². The van der Waals surface area contributed by atoms with Crippen LogP contribution in [0.1, 0.15) is 18.2 Å². The molecule has 0 saturated heterocycles. The fraction of sp³-hybridized carbons (Fsp3) is 0.294. The average Bonchev–Trinajstić information content (AvgIpc) is 3.09. The Labute approximate surface area is 138 Å². The van der Waals surface area contributed by atoms with E-state index in [1.54, 1.807) is 17.4 Å². The Morgan fingerprint density at radius 2 is 2.13 bits per heavy atom. The number of fused-ring (bicyclic) bond motifs is 1. The minimum atomic E-state index is -0.532. The van der Waals surface area contributed by atoms with Crippen LogP contribution in [0.5, 0.6) is 5.75 Å². The summed E-state index contributed by atoms with van der Waals surface area (Å²) in [6.07, 6.45) is 0.0375. The van der Waals surface area contributed by atoms with Gasteiger partial charge < -0.3 is 10.1 Å². The van der Waals surface area contributed by atoms with Gasteiger partial charge in [0.1, 0.15) is 12.3 Å². The van der Waals surface area contributed by atoms with Gasteiger partial charge in [-0.3, -0.25) is 14.5 Å². The topological polar surface area (TPSA) is 58.6 Å². The Morgan fingerprint density at radius 3 is 2.87 bits per heavy atom. The number of anilines is 1. The Morgan fingerprint density at radius 1 is 1.30 bits per heavy atom. The highest BCUT2D eigenvalue weighted by molar-refractivity contribution is 7.09. The molecule has 0 radical (unpaired) electrons. The molecule has 0 fully saturated rings. The van der Waals surface area contributed by atoms with E-state index in [9.17, 15) is 9.59 Å².